The van der Waals surface area contributed by atoms with E-state index in [1.165, 1.54) is 12.8 Å². The van der Waals surface area contributed by atoms with Crippen molar-refractivity contribution < 1.29 is 4.39 Å². The van der Waals surface area contributed by atoms with E-state index in [4.69, 9.17) is 11.6 Å². The number of nitrogens with one attached hydrogen (secondary N) is 1. The predicted octanol–water partition coefficient (Wildman–Crippen LogP) is 4.58. The second-order valence-electron chi connectivity index (χ2n) is 4.65. The summed E-state index contributed by atoms with van der Waals surface area (Å²) in [7, 11) is 0. The van der Waals surface area contributed by atoms with Crippen molar-refractivity contribution in [2.45, 2.75) is 52.0 Å². The van der Waals surface area contributed by atoms with E-state index in [9.17, 15) is 4.39 Å². The second kappa shape index (κ2) is 8.49. The van der Waals surface area contributed by atoms with Gasteiger partial charge in [-0.3, -0.25) is 0 Å². The van der Waals surface area contributed by atoms with Crippen LogP contribution in [-0.4, -0.2) is 12.6 Å². The largest absolute Gasteiger partial charge is 0.314 e. The molecule has 1 N–H and O–H groups in total. The van der Waals surface area contributed by atoms with Gasteiger partial charge in [-0.1, -0.05) is 44.0 Å². The van der Waals surface area contributed by atoms with Crippen LogP contribution in [0.4, 0.5) is 4.39 Å². The van der Waals surface area contributed by atoms with Gasteiger partial charge in [-0.05, 0) is 43.9 Å². The minimum Gasteiger partial charge on any atom is -0.314 e. The minimum absolute atomic E-state index is 0.226. The first-order valence-corrected chi connectivity index (χ1v) is 7.23. The Morgan fingerprint density at radius 2 is 2.06 bits per heavy atom. The van der Waals surface area contributed by atoms with Gasteiger partial charge in [-0.15, -0.1) is 0 Å². The monoisotopic (exact) mass is 271 g/mol. The summed E-state index contributed by atoms with van der Waals surface area (Å²) in [6, 6.07) is 5.79. The molecule has 1 nitrogen and oxygen atoms in total. The van der Waals surface area contributed by atoms with Gasteiger partial charge in [0.1, 0.15) is 5.82 Å². The van der Waals surface area contributed by atoms with Crippen molar-refractivity contribution in [2.24, 2.45) is 0 Å². The van der Waals surface area contributed by atoms with Crippen LogP contribution in [0.3, 0.4) is 0 Å². The van der Waals surface area contributed by atoms with Gasteiger partial charge in [0.25, 0.3) is 0 Å². The van der Waals surface area contributed by atoms with Crippen LogP contribution in [0.1, 0.15) is 45.1 Å². The van der Waals surface area contributed by atoms with Crippen molar-refractivity contribution in [3.63, 3.8) is 0 Å². The molecule has 1 aromatic rings. The molecule has 0 aliphatic heterocycles. The smallest absolute Gasteiger partial charge is 0.144 e. The molecule has 1 atom stereocenters. The van der Waals surface area contributed by atoms with Crippen LogP contribution >= 0.6 is 11.6 Å². The van der Waals surface area contributed by atoms with Gasteiger partial charge < -0.3 is 5.32 Å². The molecule has 102 valence electrons. The Labute approximate surface area is 115 Å². The molecular formula is C15H23ClFN. The zero-order valence-corrected chi connectivity index (χ0v) is 12.1. The third-order valence-electron chi connectivity index (χ3n) is 3.16. The van der Waals surface area contributed by atoms with Crippen molar-refractivity contribution in [3.05, 3.63) is 34.6 Å². The van der Waals surface area contributed by atoms with E-state index < -0.39 is 0 Å². The average molecular weight is 272 g/mol. The Morgan fingerprint density at radius 1 is 1.28 bits per heavy atom. The van der Waals surface area contributed by atoms with E-state index in [1.54, 1.807) is 6.07 Å². The molecule has 0 radical (unpaired) electrons. The van der Waals surface area contributed by atoms with E-state index in [0.29, 0.717) is 6.04 Å². The summed E-state index contributed by atoms with van der Waals surface area (Å²) in [5, 5.41) is 3.70. The van der Waals surface area contributed by atoms with Crippen molar-refractivity contribution >= 4 is 11.6 Å². The molecule has 3 heteroatoms. The highest BCUT2D eigenvalue weighted by atomic mass is 35.5. The summed E-state index contributed by atoms with van der Waals surface area (Å²) in [6.07, 6.45) is 5.22. The molecular weight excluding hydrogens is 249 g/mol. The molecule has 0 spiro atoms. The molecule has 1 rings (SSSR count). The van der Waals surface area contributed by atoms with Gasteiger partial charge in [0, 0.05) is 6.04 Å². The summed E-state index contributed by atoms with van der Waals surface area (Å²) in [5.41, 5.74) is 0.731. The molecule has 0 aliphatic carbocycles. The van der Waals surface area contributed by atoms with Gasteiger partial charge >= 0.3 is 0 Å². The van der Waals surface area contributed by atoms with Crippen LogP contribution in [0, 0.1) is 5.82 Å². The van der Waals surface area contributed by atoms with Crippen molar-refractivity contribution in [1.82, 2.24) is 5.32 Å². The summed E-state index contributed by atoms with van der Waals surface area (Å²) >= 11 is 5.77. The normalized spacial score (nSPS) is 12.7. The highest BCUT2D eigenvalue weighted by molar-refractivity contribution is 6.30. The van der Waals surface area contributed by atoms with Crippen LogP contribution in [0.5, 0.6) is 0 Å². The Morgan fingerprint density at radius 3 is 2.72 bits per heavy atom. The van der Waals surface area contributed by atoms with Crippen LogP contribution in [0.2, 0.25) is 5.02 Å². The lowest BCUT2D eigenvalue weighted by molar-refractivity contribution is 0.445. The Balaban J connectivity index is 2.42. The maximum absolute atomic E-state index is 13.7. The Hall–Kier alpha value is -0.600. The average Bonchev–Trinajstić information content (AvgIpc) is 2.35. The maximum Gasteiger partial charge on any atom is 0.144 e. The number of benzene rings is 1. The van der Waals surface area contributed by atoms with Crippen molar-refractivity contribution in [2.75, 3.05) is 6.54 Å². The minimum atomic E-state index is -0.255. The number of aryl methyl sites for hydroxylation is 1. The number of hydrogen-bond acceptors (Lipinski definition) is 1. The molecule has 1 unspecified atom stereocenters. The number of rotatable bonds is 8. The van der Waals surface area contributed by atoms with Gasteiger partial charge in [0.2, 0.25) is 0 Å². The van der Waals surface area contributed by atoms with E-state index >= 15 is 0 Å². The predicted molar refractivity (Wildman–Crippen MR) is 76.7 cm³/mol. The van der Waals surface area contributed by atoms with Crippen molar-refractivity contribution in [1.29, 1.82) is 0 Å². The van der Waals surface area contributed by atoms with Gasteiger partial charge in [0.05, 0.1) is 5.02 Å². The van der Waals surface area contributed by atoms with Crippen LogP contribution in [0.25, 0.3) is 0 Å². The van der Waals surface area contributed by atoms with Crippen LogP contribution in [-0.2, 0) is 6.42 Å². The van der Waals surface area contributed by atoms with Crippen molar-refractivity contribution in [3.8, 4) is 0 Å². The fourth-order valence-electron chi connectivity index (χ4n) is 2.27. The summed E-state index contributed by atoms with van der Waals surface area (Å²) in [4.78, 5) is 0. The lowest BCUT2D eigenvalue weighted by Gasteiger charge is -2.16. The topological polar surface area (TPSA) is 12.0 Å². The summed E-state index contributed by atoms with van der Waals surface area (Å²) in [6.45, 7) is 5.32. The van der Waals surface area contributed by atoms with E-state index in [1.807, 2.05) is 12.1 Å². The lowest BCUT2D eigenvalue weighted by Crippen LogP contribution is -2.28. The van der Waals surface area contributed by atoms with Gasteiger partial charge in [-0.25, -0.2) is 4.39 Å². The molecule has 1 aromatic carbocycles. The fourth-order valence-corrected chi connectivity index (χ4v) is 2.46. The highest BCUT2D eigenvalue weighted by Crippen LogP contribution is 2.20. The van der Waals surface area contributed by atoms with E-state index in [0.717, 1.165) is 31.4 Å². The van der Waals surface area contributed by atoms with Gasteiger partial charge in [0.15, 0.2) is 0 Å². The zero-order chi connectivity index (χ0) is 13.4. The first kappa shape index (κ1) is 15.5. The third kappa shape index (κ3) is 4.95. The molecule has 0 saturated heterocycles. The number of halogens is 2. The standard InChI is InChI=1S/C15H23ClFN/c1-3-7-13(18-4-2)10-5-8-12-9-6-11-14(16)15(12)17/h6,9,11,13,18H,3-5,7-8,10H2,1-2H3. The zero-order valence-electron chi connectivity index (χ0n) is 11.3. The molecule has 0 fully saturated rings. The van der Waals surface area contributed by atoms with Crippen LogP contribution in [0.15, 0.2) is 18.2 Å². The first-order chi connectivity index (χ1) is 8.69. The third-order valence-corrected chi connectivity index (χ3v) is 3.45. The molecule has 0 aliphatic rings. The maximum atomic E-state index is 13.7. The summed E-state index contributed by atoms with van der Waals surface area (Å²) in [5.74, 6) is -0.255. The van der Waals surface area contributed by atoms with Gasteiger partial charge in [-0.2, -0.15) is 0 Å². The highest BCUT2D eigenvalue weighted by Gasteiger charge is 2.09. The Kier molecular flexibility index (Phi) is 7.29. The number of hydrogen-bond donors (Lipinski definition) is 1. The molecule has 0 saturated carbocycles. The Bertz CT molecular complexity index is 348. The first-order valence-electron chi connectivity index (χ1n) is 6.85. The fraction of sp³-hybridized carbons (Fsp3) is 0.600. The van der Waals surface area contributed by atoms with E-state index in [2.05, 4.69) is 19.2 Å². The quantitative estimate of drug-likeness (QED) is 0.730. The molecule has 0 bridgehead atoms. The molecule has 18 heavy (non-hydrogen) atoms. The summed E-state index contributed by atoms with van der Waals surface area (Å²) < 4.78 is 13.7. The SMILES string of the molecule is CCCC(CCCc1cccc(Cl)c1F)NCC. The lowest BCUT2D eigenvalue weighted by atomic mass is 10.0. The van der Waals surface area contributed by atoms with Crippen LogP contribution < -0.4 is 5.32 Å². The van der Waals surface area contributed by atoms with E-state index in [-0.39, 0.29) is 10.8 Å². The molecule has 0 aromatic heterocycles. The second-order valence-corrected chi connectivity index (χ2v) is 5.06. The molecule has 0 heterocycles. The molecule has 0 amide bonds.